The SMILES string of the molecule is CCc1ccc([C@H](O)[C@@H](C(=O)OC)c2cc(C(=O)OC)c3cc(CC)ccc3c2O/C=C/C(=O)OC)cc1. The number of aliphatic hydroxyl groups is 1. The van der Waals surface area contributed by atoms with Crippen LogP contribution >= 0.6 is 0 Å². The molecule has 0 bridgehead atoms. The van der Waals surface area contributed by atoms with E-state index in [-0.39, 0.29) is 16.9 Å². The molecular formula is C30H32O8. The Balaban J connectivity index is 2.34. The molecule has 0 heterocycles. The average Bonchev–Trinajstić information content (AvgIpc) is 2.96. The first-order valence-electron chi connectivity index (χ1n) is 12.2. The number of aliphatic hydroxyl groups excluding tert-OH is 1. The molecule has 8 heteroatoms. The van der Waals surface area contributed by atoms with E-state index in [1.54, 1.807) is 18.2 Å². The van der Waals surface area contributed by atoms with Crippen molar-refractivity contribution in [1.29, 1.82) is 0 Å². The normalized spacial score (nSPS) is 12.7. The van der Waals surface area contributed by atoms with Gasteiger partial charge in [-0.05, 0) is 35.6 Å². The minimum Gasteiger partial charge on any atom is -0.468 e. The van der Waals surface area contributed by atoms with E-state index in [1.165, 1.54) is 27.4 Å². The Kier molecular flexibility index (Phi) is 9.62. The number of methoxy groups -OCH3 is 3. The van der Waals surface area contributed by atoms with Gasteiger partial charge in [0.25, 0.3) is 0 Å². The number of hydrogen-bond acceptors (Lipinski definition) is 8. The summed E-state index contributed by atoms with van der Waals surface area (Å²) < 4.78 is 20.7. The van der Waals surface area contributed by atoms with Crippen LogP contribution in [0.4, 0.5) is 0 Å². The van der Waals surface area contributed by atoms with Crippen molar-refractivity contribution in [3.63, 3.8) is 0 Å². The minimum atomic E-state index is -1.34. The van der Waals surface area contributed by atoms with Crippen LogP contribution < -0.4 is 4.74 Å². The first-order valence-corrected chi connectivity index (χ1v) is 12.2. The lowest BCUT2D eigenvalue weighted by atomic mass is 9.85. The van der Waals surface area contributed by atoms with Crippen LogP contribution in [0.25, 0.3) is 10.8 Å². The second-order valence-electron chi connectivity index (χ2n) is 8.55. The van der Waals surface area contributed by atoms with Gasteiger partial charge in [0.1, 0.15) is 11.7 Å². The molecule has 0 aliphatic heterocycles. The number of hydrogen-bond donors (Lipinski definition) is 1. The Morgan fingerprint density at radius 1 is 0.842 bits per heavy atom. The Labute approximate surface area is 221 Å². The molecule has 0 amide bonds. The largest absolute Gasteiger partial charge is 0.468 e. The standard InChI is InChI=1S/C30H32O8/c1-6-18-8-11-20(12-9-18)27(32)26(30(34)37-5)24-17-23(29(33)36-4)22-16-19(7-2)10-13-21(22)28(24)38-15-14-25(31)35-3/h8-17,26-27,32H,6-7H2,1-5H3/b15-14+/t26-,27-/m0/s1. The van der Waals surface area contributed by atoms with Gasteiger partial charge in [-0.3, -0.25) is 4.79 Å². The van der Waals surface area contributed by atoms with Crippen LogP contribution in [-0.4, -0.2) is 44.3 Å². The quantitative estimate of drug-likeness (QED) is 0.176. The molecule has 0 spiro atoms. The van der Waals surface area contributed by atoms with Crippen LogP contribution in [0.3, 0.4) is 0 Å². The zero-order valence-corrected chi connectivity index (χ0v) is 22.1. The van der Waals surface area contributed by atoms with Crippen molar-refractivity contribution in [2.45, 2.75) is 38.7 Å². The highest BCUT2D eigenvalue weighted by atomic mass is 16.5. The van der Waals surface area contributed by atoms with Crippen molar-refractivity contribution in [3.8, 4) is 5.75 Å². The minimum absolute atomic E-state index is 0.176. The van der Waals surface area contributed by atoms with E-state index < -0.39 is 29.9 Å². The molecule has 0 fully saturated rings. The molecule has 0 saturated carbocycles. The molecule has 1 N–H and O–H groups in total. The molecule has 38 heavy (non-hydrogen) atoms. The van der Waals surface area contributed by atoms with Gasteiger partial charge < -0.3 is 24.1 Å². The summed E-state index contributed by atoms with van der Waals surface area (Å²) in [5, 5.41) is 12.5. The summed E-state index contributed by atoms with van der Waals surface area (Å²) in [6.07, 6.45) is 2.41. The molecule has 0 radical (unpaired) electrons. The van der Waals surface area contributed by atoms with E-state index in [4.69, 9.17) is 14.2 Å². The third kappa shape index (κ3) is 6.03. The van der Waals surface area contributed by atoms with E-state index >= 15 is 0 Å². The molecular weight excluding hydrogens is 488 g/mol. The van der Waals surface area contributed by atoms with Gasteiger partial charge in [0, 0.05) is 16.3 Å². The van der Waals surface area contributed by atoms with E-state index in [0.29, 0.717) is 22.8 Å². The molecule has 0 aliphatic rings. The van der Waals surface area contributed by atoms with Crippen LogP contribution in [0.2, 0.25) is 0 Å². The Bertz CT molecular complexity index is 1340. The molecule has 0 aliphatic carbocycles. The van der Waals surface area contributed by atoms with Crippen molar-refractivity contribution in [1.82, 2.24) is 0 Å². The fourth-order valence-corrected chi connectivity index (χ4v) is 4.25. The second kappa shape index (κ2) is 12.9. The summed E-state index contributed by atoms with van der Waals surface area (Å²) in [5.74, 6) is -3.09. The number of ether oxygens (including phenoxy) is 4. The Hall–Kier alpha value is -4.17. The van der Waals surface area contributed by atoms with Crippen LogP contribution in [0, 0.1) is 0 Å². The van der Waals surface area contributed by atoms with Crippen LogP contribution in [0.15, 0.2) is 60.9 Å². The van der Waals surface area contributed by atoms with E-state index in [9.17, 15) is 19.5 Å². The van der Waals surface area contributed by atoms with Crippen molar-refractivity contribution in [2.24, 2.45) is 0 Å². The molecule has 0 aromatic heterocycles. The lowest BCUT2D eigenvalue weighted by Gasteiger charge is -2.25. The van der Waals surface area contributed by atoms with Gasteiger partial charge in [-0.1, -0.05) is 56.3 Å². The van der Waals surface area contributed by atoms with E-state index in [1.807, 2.05) is 38.1 Å². The van der Waals surface area contributed by atoms with Crippen LogP contribution in [-0.2, 0) is 36.6 Å². The fraction of sp³-hybridized carbons (Fsp3) is 0.300. The molecule has 3 aromatic rings. The number of rotatable bonds is 10. The molecule has 0 unspecified atom stereocenters. The van der Waals surface area contributed by atoms with Crippen molar-refractivity contribution >= 4 is 28.7 Å². The Morgan fingerprint density at radius 2 is 1.50 bits per heavy atom. The predicted molar refractivity (Wildman–Crippen MR) is 142 cm³/mol. The highest BCUT2D eigenvalue weighted by Gasteiger charge is 2.35. The van der Waals surface area contributed by atoms with Crippen LogP contribution in [0.5, 0.6) is 5.75 Å². The average molecular weight is 521 g/mol. The highest BCUT2D eigenvalue weighted by Crippen LogP contribution is 2.43. The van der Waals surface area contributed by atoms with Gasteiger partial charge in [-0.25, -0.2) is 9.59 Å². The van der Waals surface area contributed by atoms with Crippen molar-refractivity contribution in [2.75, 3.05) is 21.3 Å². The lowest BCUT2D eigenvalue weighted by Crippen LogP contribution is -2.23. The molecule has 2 atom stereocenters. The topological polar surface area (TPSA) is 108 Å². The smallest absolute Gasteiger partial charge is 0.338 e. The number of esters is 3. The van der Waals surface area contributed by atoms with Gasteiger partial charge in [-0.15, -0.1) is 0 Å². The monoisotopic (exact) mass is 520 g/mol. The predicted octanol–water partition coefficient (Wildman–Crippen LogP) is 4.81. The van der Waals surface area contributed by atoms with Gasteiger partial charge in [0.2, 0.25) is 0 Å². The first kappa shape index (κ1) is 28.4. The van der Waals surface area contributed by atoms with Gasteiger partial charge in [-0.2, -0.15) is 0 Å². The Morgan fingerprint density at radius 3 is 2.08 bits per heavy atom. The highest BCUT2D eigenvalue weighted by molar-refractivity contribution is 6.08. The van der Waals surface area contributed by atoms with Gasteiger partial charge in [0.05, 0.1) is 45.3 Å². The third-order valence-corrected chi connectivity index (χ3v) is 6.42. The molecule has 3 aromatic carbocycles. The zero-order valence-electron chi connectivity index (χ0n) is 22.1. The maximum absolute atomic E-state index is 13.2. The number of fused-ring (bicyclic) bond motifs is 1. The summed E-state index contributed by atoms with van der Waals surface area (Å²) in [7, 11) is 3.72. The fourth-order valence-electron chi connectivity index (χ4n) is 4.25. The lowest BCUT2D eigenvalue weighted by molar-refractivity contribution is -0.145. The van der Waals surface area contributed by atoms with E-state index in [2.05, 4.69) is 4.74 Å². The summed E-state index contributed by atoms with van der Waals surface area (Å²) in [6, 6.07) is 14.2. The van der Waals surface area contributed by atoms with Gasteiger partial charge >= 0.3 is 17.9 Å². The van der Waals surface area contributed by atoms with Crippen LogP contribution in [0.1, 0.15) is 58.5 Å². The molecule has 8 nitrogen and oxygen atoms in total. The number of carbonyl (C=O) groups is 3. The maximum atomic E-state index is 13.2. The second-order valence-corrected chi connectivity index (χ2v) is 8.55. The summed E-state index contributed by atoms with van der Waals surface area (Å²) in [4.78, 5) is 37.7. The van der Waals surface area contributed by atoms with Gasteiger partial charge in [0.15, 0.2) is 0 Å². The summed E-state index contributed by atoms with van der Waals surface area (Å²) >= 11 is 0. The van der Waals surface area contributed by atoms with E-state index in [0.717, 1.165) is 29.9 Å². The third-order valence-electron chi connectivity index (χ3n) is 6.42. The first-order chi connectivity index (χ1) is 18.3. The van der Waals surface area contributed by atoms with Crippen molar-refractivity contribution in [3.05, 3.63) is 88.7 Å². The molecule has 0 saturated heterocycles. The summed E-state index contributed by atoms with van der Waals surface area (Å²) in [5.41, 5.74) is 2.90. The summed E-state index contributed by atoms with van der Waals surface area (Å²) in [6.45, 7) is 4.00. The van der Waals surface area contributed by atoms with Crippen molar-refractivity contribution < 1.29 is 38.4 Å². The molecule has 3 rings (SSSR count). The molecule has 200 valence electrons. The number of benzene rings is 3. The maximum Gasteiger partial charge on any atom is 0.338 e. The number of carbonyl (C=O) groups excluding carboxylic acids is 3. The number of aryl methyl sites for hydroxylation is 2. The zero-order chi connectivity index (χ0) is 27.8.